The fourth-order valence-electron chi connectivity index (χ4n) is 3.00. The van der Waals surface area contributed by atoms with Gasteiger partial charge in [0.05, 0.1) is 6.33 Å². The van der Waals surface area contributed by atoms with E-state index in [2.05, 4.69) is 46.9 Å². The van der Waals surface area contributed by atoms with E-state index < -0.39 is 0 Å². The maximum absolute atomic E-state index is 4.38. The molecule has 0 spiro atoms. The molecule has 19 heavy (non-hydrogen) atoms. The summed E-state index contributed by atoms with van der Waals surface area (Å²) >= 11 is 0. The third-order valence-corrected chi connectivity index (χ3v) is 4.04. The van der Waals surface area contributed by atoms with E-state index in [-0.39, 0.29) is 0 Å². The summed E-state index contributed by atoms with van der Waals surface area (Å²) in [6.45, 7) is 6.54. The number of aromatic nitrogens is 2. The molecule has 3 heteroatoms. The van der Waals surface area contributed by atoms with Gasteiger partial charge >= 0.3 is 0 Å². The standard InChI is InChI=1S/C16H21N3/c1-12-3-4-15(13(2)9-12)19-11-18-10-16(19)14-5-7-17-8-6-14/h3-4,9-11,14,17H,5-8H2,1-2H3. The van der Waals surface area contributed by atoms with E-state index in [0.717, 1.165) is 13.1 Å². The van der Waals surface area contributed by atoms with Crippen LogP contribution in [0.2, 0.25) is 0 Å². The topological polar surface area (TPSA) is 29.9 Å². The molecule has 1 aliphatic heterocycles. The molecule has 1 N–H and O–H groups in total. The summed E-state index contributed by atoms with van der Waals surface area (Å²) in [6, 6.07) is 6.62. The van der Waals surface area contributed by atoms with Crippen molar-refractivity contribution in [3.63, 3.8) is 0 Å². The Balaban J connectivity index is 1.99. The summed E-state index contributed by atoms with van der Waals surface area (Å²) in [5, 5.41) is 3.43. The Kier molecular flexibility index (Phi) is 3.38. The summed E-state index contributed by atoms with van der Waals surface area (Å²) in [6.07, 6.45) is 6.40. The number of nitrogens with one attached hydrogen (secondary N) is 1. The Morgan fingerprint density at radius 2 is 2.00 bits per heavy atom. The lowest BCUT2D eigenvalue weighted by Gasteiger charge is -2.24. The number of hydrogen-bond donors (Lipinski definition) is 1. The van der Waals surface area contributed by atoms with Gasteiger partial charge in [0.1, 0.15) is 0 Å². The fraction of sp³-hybridized carbons (Fsp3) is 0.438. The quantitative estimate of drug-likeness (QED) is 0.894. The van der Waals surface area contributed by atoms with Crippen LogP contribution in [-0.2, 0) is 0 Å². The second-order valence-electron chi connectivity index (χ2n) is 5.50. The molecule has 1 aromatic heterocycles. The second-order valence-corrected chi connectivity index (χ2v) is 5.50. The van der Waals surface area contributed by atoms with Crippen molar-refractivity contribution in [2.24, 2.45) is 0 Å². The zero-order valence-electron chi connectivity index (χ0n) is 11.7. The van der Waals surface area contributed by atoms with Gasteiger partial charge < -0.3 is 9.88 Å². The van der Waals surface area contributed by atoms with E-state index in [0.29, 0.717) is 5.92 Å². The van der Waals surface area contributed by atoms with Gasteiger partial charge in [-0.1, -0.05) is 17.7 Å². The van der Waals surface area contributed by atoms with Crippen molar-refractivity contribution in [2.45, 2.75) is 32.6 Å². The van der Waals surface area contributed by atoms with E-state index in [1.165, 1.54) is 35.3 Å². The number of benzene rings is 1. The van der Waals surface area contributed by atoms with Gasteiger partial charge in [-0.25, -0.2) is 4.98 Å². The van der Waals surface area contributed by atoms with Gasteiger partial charge in [-0.15, -0.1) is 0 Å². The first-order valence-electron chi connectivity index (χ1n) is 7.06. The van der Waals surface area contributed by atoms with Crippen molar-refractivity contribution in [1.82, 2.24) is 14.9 Å². The van der Waals surface area contributed by atoms with Gasteiger partial charge in [-0.2, -0.15) is 0 Å². The summed E-state index contributed by atoms with van der Waals surface area (Å²) in [5.41, 5.74) is 5.24. The number of imidazole rings is 1. The molecule has 0 unspecified atom stereocenters. The molecule has 2 aromatic rings. The second kappa shape index (κ2) is 5.17. The van der Waals surface area contributed by atoms with E-state index >= 15 is 0 Å². The minimum Gasteiger partial charge on any atom is -0.317 e. The van der Waals surface area contributed by atoms with Gasteiger partial charge in [0.15, 0.2) is 0 Å². The zero-order valence-corrected chi connectivity index (χ0v) is 11.7. The number of nitrogens with zero attached hydrogens (tertiary/aromatic N) is 2. The molecule has 2 heterocycles. The third-order valence-electron chi connectivity index (χ3n) is 4.04. The third kappa shape index (κ3) is 2.43. The molecule has 0 saturated carbocycles. The number of piperidine rings is 1. The molecule has 1 aliphatic rings. The highest BCUT2D eigenvalue weighted by molar-refractivity contribution is 5.44. The molecular formula is C16H21N3. The fourth-order valence-corrected chi connectivity index (χ4v) is 3.00. The largest absolute Gasteiger partial charge is 0.317 e. The predicted molar refractivity (Wildman–Crippen MR) is 77.9 cm³/mol. The molecule has 0 atom stereocenters. The van der Waals surface area contributed by atoms with Crippen LogP contribution in [0.25, 0.3) is 5.69 Å². The Bertz CT molecular complexity index is 565. The first-order chi connectivity index (χ1) is 9.25. The monoisotopic (exact) mass is 255 g/mol. The number of aryl methyl sites for hydroxylation is 2. The van der Waals surface area contributed by atoms with E-state index in [1.807, 2.05) is 12.5 Å². The highest BCUT2D eigenvalue weighted by Gasteiger charge is 2.19. The molecule has 1 aromatic carbocycles. The minimum atomic E-state index is 0.629. The Morgan fingerprint density at radius 1 is 1.21 bits per heavy atom. The molecular weight excluding hydrogens is 234 g/mol. The summed E-state index contributed by atoms with van der Waals surface area (Å²) < 4.78 is 2.27. The highest BCUT2D eigenvalue weighted by atomic mass is 15.1. The van der Waals surface area contributed by atoms with Crippen LogP contribution in [0.15, 0.2) is 30.7 Å². The number of hydrogen-bond acceptors (Lipinski definition) is 2. The average molecular weight is 255 g/mol. The van der Waals surface area contributed by atoms with Gasteiger partial charge in [0, 0.05) is 23.5 Å². The average Bonchev–Trinajstić information content (AvgIpc) is 2.89. The van der Waals surface area contributed by atoms with Gasteiger partial charge in [0.25, 0.3) is 0 Å². The maximum atomic E-state index is 4.38. The Hall–Kier alpha value is -1.61. The molecule has 100 valence electrons. The van der Waals surface area contributed by atoms with Crippen molar-refractivity contribution < 1.29 is 0 Å². The Labute approximate surface area is 114 Å². The molecule has 0 radical (unpaired) electrons. The van der Waals surface area contributed by atoms with Crippen LogP contribution < -0.4 is 5.32 Å². The first-order valence-corrected chi connectivity index (χ1v) is 7.06. The molecule has 0 bridgehead atoms. The van der Waals surface area contributed by atoms with Gasteiger partial charge in [-0.05, 0) is 51.4 Å². The predicted octanol–water partition coefficient (Wildman–Crippen LogP) is 2.96. The number of rotatable bonds is 2. The SMILES string of the molecule is Cc1ccc(-n2cncc2C2CCNCC2)c(C)c1. The minimum absolute atomic E-state index is 0.629. The van der Waals surface area contributed by atoms with Crippen molar-refractivity contribution in [3.05, 3.63) is 47.5 Å². The molecule has 3 rings (SSSR count). The lowest BCUT2D eigenvalue weighted by Crippen LogP contribution is -2.27. The Morgan fingerprint density at radius 3 is 2.74 bits per heavy atom. The van der Waals surface area contributed by atoms with Crippen molar-refractivity contribution in [1.29, 1.82) is 0 Å². The van der Waals surface area contributed by atoms with Crippen molar-refractivity contribution in [3.8, 4) is 5.69 Å². The maximum Gasteiger partial charge on any atom is 0.0994 e. The summed E-state index contributed by atoms with van der Waals surface area (Å²) in [4.78, 5) is 4.38. The van der Waals surface area contributed by atoms with Crippen LogP contribution in [0, 0.1) is 13.8 Å². The van der Waals surface area contributed by atoms with Gasteiger partial charge in [0.2, 0.25) is 0 Å². The van der Waals surface area contributed by atoms with E-state index in [1.54, 1.807) is 0 Å². The summed E-state index contributed by atoms with van der Waals surface area (Å²) in [5.74, 6) is 0.629. The molecule has 0 amide bonds. The summed E-state index contributed by atoms with van der Waals surface area (Å²) in [7, 11) is 0. The van der Waals surface area contributed by atoms with Crippen LogP contribution >= 0.6 is 0 Å². The smallest absolute Gasteiger partial charge is 0.0994 e. The lowest BCUT2D eigenvalue weighted by atomic mass is 9.94. The van der Waals surface area contributed by atoms with Crippen LogP contribution in [0.3, 0.4) is 0 Å². The van der Waals surface area contributed by atoms with Crippen molar-refractivity contribution >= 4 is 0 Å². The zero-order chi connectivity index (χ0) is 13.2. The van der Waals surface area contributed by atoms with Crippen LogP contribution in [0.4, 0.5) is 0 Å². The molecule has 3 nitrogen and oxygen atoms in total. The normalized spacial score (nSPS) is 16.7. The van der Waals surface area contributed by atoms with E-state index in [4.69, 9.17) is 0 Å². The molecule has 1 saturated heterocycles. The highest BCUT2D eigenvalue weighted by Crippen LogP contribution is 2.28. The van der Waals surface area contributed by atoms with Gasteiger partial charge in [-0.3, -0.25) is 0 Å². The van der Waals surface area contributed by atoms with Crippen LogP contribution in [-0.4, -0.2) is 22.6 Å². The lowest BCUT2D eigenvalue weighted by molar-refractivity contribution is 0.449. The van der Waals surface area contributed by atoms with Crippen LogP contribution in [0.1, 0.15) is 35.6 Å². The molecule has 0 aliphatic carbocycles. The first kappa shape index (κ1) is 12.4. The van der Waals surface area contributed by atoms with Crippen molar-refractivity contribution in [2.75, 3.05) is 13.1 Å². The van der Waals surface area contributed by atoms with Crippen LogP contribution in [0.5, 0.6) is 0 Å². The molecule has 1 fully saturated rings. The van der Waals surface area contributed by atoms with E-state index in [9.17, 15) is 0 Å².